The first-order valence-corrected chi connectivity index (χ1v) is 6.85. The van der Waals surface area contributed by atoms with Gasteiger partial charge in [0, 0.05) is 19.8 Å². The highest BCUT2D eigenvalue weighted by Crippen LogP contribution is 2.20. The van der Waals surface area contributed by atoms with E-state index in [-0.39, 0.29) is 12.5 Å². The van der Waals surface area contributed by atoms with Gasteiger partial charge in [0.05, 0.1) is 7.11 Å². The van der Waals surface area contributed by atoms with Crippen LogP contribution in [0.4, 0.5) is 5.69 Å². The summed E-state index contributed by atoms with van der Waals surface area (Å²) in [5, 5.41) is 0. The third-order valence-corrected chi connectivity index (χ3v) is 3.36. The van der Waals surface area contributed by atoms with E-state index in [1.54, 1.807) is 13.0 Å². The summed E-state index contributed by atoms with van der Waals surface area (Å²) in [4.78, 5) is 31.1. The molecule has 1 aliphatic rings. The molecule has 0 aromatic heterocycles. The van der Waals surface area contributed by atoms with Crippen molar-refractivity contribution in [2.45, 2.75) is 6.92 Å². The van der Waals surface area contributed by atoms with E-state index >= 15 is 0 Å². The van der Waals surface area contributed by atoms with Gasteiger partial charge in [0.2, 0.25) is 0 Å². The summed E-state index contributed by atoms with van der Waals surface area (Å²) in [6.07, 6.45) is 1.71. The Morgan fingerprint density at radius 2 is 1.95 bits per heavy atom. The molecule has 2 rings (SSSR count). The quantitative estimate of drug-likeness (QED) is 0.625. The van der Waals surface area contributed by atoms with Crippen molar-refractivity contribution < 1.29 is 14.3 Å². The first kappa shape index (κ1) is 15.8. The van der Waals surface area contributed by atoms with Crippen molar-refractivity contribution in [2.75, 3.05) is 32.6 Å². The summed E-state index contributed by atoms with van der Waals surface area (Å²) in [5.74, 6) is -0.273. The van der Waals surface area contributed by atoms with Crippen LogP contribution < -0.4 is 4.90 Å². The van der Waals surface area contributed by atoms with E-state index in [0.29, 0.717) is 11.5 Å². The Kier molecular flexibility index (Phi) is 4.60. The highest BCUT2D eigenvalue weighted by Gasteiger charge is 2.29. The van der Waals surface area contributed by atoms with Crippen molar-refractivity contribution in [2.24, 2.45) is 4.99 Å². The minimum absolute atomic E-state index is 0.123. The fraction of sp³-hybridized carbons (Fsp3) is 0.312. The maximum atomic E-state index is 12.3. The number of carbonyl (C=O) groups excluding carboxylic acids is 2. The Morgan fingerprint density at radius 3 is 2.50 bits per heavy atom. The number of amidine groups is 1. The summed E-state index contributed by atoms with van der Waals surface area (Å²) in [6.45, 7) is 1.57. The molecule has 0 unspecified atom stereocenters. The smallest absolute Gasteiger partial charge is 0.325 e. The fourth-order valence-corrected chi connectivity index (χ4v) is 2.07. The van der Waals surface area contributed by atoms with Gasteiger partial charge in [-0.3, -0.25) is 14.5 Å². The maximum Gasteiger partial charge on any atom is 0.325 e. The highest BCUT2D eigenvalue weighted by molar-refractivity contribution is 6.14. The average Bonchev–Trinajstić information content (AvgIpc) is 2.75. The fourth-order valence-electron chi connectivity index (χ4n) is 2.07. The number of carbonyl (C=O) groups is 2. The van der Waals surface area contributed by atoms with Gasteiger partial charge >= 0.3 is 5.97 Å². The number of anilines is 1. The lowest BCUT2D eigenvalue weighted by Gasteiger charge is -2.13. The predicted molar refractivity (Wildman–Crippen MR) is 85.6 cm³/mol. The van der Waals surface area contributed by atoms with E-state index in [1.807, 2.05) is 43.3 Å². The third-order valence-electron chi connectivity index (χ3n) is 3.36. The molecule has 0 saturated carbocycles. The van der Waals surface area contributed by atoms with Crippen LogP contribution in [0.1, 0.15) is 12.5 Å². The molecule has 1 aromatic rings. The van der Waals surface area contributed by atoms with Crippen LogP contribution in [0.15, 0.2) is 35.0 Å². The van der Waals surface area contributed by atoms with Gasteiger partial charge < -0.3 is 9.64 Å². The maximum absolute atomic E-state index is 12.3. The van der Waals surface area contributed by atoms with E-state index in [2.05, 4.69) is 9.73 Å². The summed E-state index contributed by atoms with van der Waals surface area (Å²) in [5.41, 5.74) is 2.27. The SMILES string of the molecule is COC(=O)CN1C(=O)/C(=C\c2ccc(N(C)C)cc2)N=C1C. The molecule has 6 nitrogen and oxygen atoms in total. The van der Waals surface area contributed by atoms with Crippen LogP contribution >= 0.6 is 0 Å². The molecule has 1 amide bonds. The van der Waals surface area contributed by atoms with Gasteiger partial charge in [0.25, 0.3) is 5.91 Å². The molecule has 116 valence electrons. The molecule has 0 saturated heterocycles. The Balaban J connectivity index is 2.19. The van der Waals surface area contributed by atoms with Crippen molar-refractivity contribution in [3.63, 3.8) is 0 Å². The lowest BCUT2D eigenvalue weighted by Crippen LogP contribution is -2.35. The molecule has 22 heavy (non-hydrogen) atoms. The summed E-state index contributed by atoms with van der Waals surface area (Å²) < 4.78 is 4.59. The largest absolute Gasteiger partial charge is 0.468 e. The van der Waals surface area contributed by atoms with Gasteiger partial charge in [-0.25, -0.2) is 4.99 Å². The average molecular weight is 301 g/mol. The number of rotatable bonds is 4. The molecule has 0 N–H and O–H groups in total. The van der Waals surface area contributed by atoms with E-state index in [1.165, 1.54) is 12.0 Å². The standard InChI is InChI=1S/C16H19N3O3/c1-11-17-14(16(21)19(11)10-15(20)22-4)9-12-5-7-13(8-6-12)18(2)3/h5-9H,10H2,1-4H3/b14-9+. The van der Waals surface area contributed by atoms with Crippen molar-refractivity contribution in [1.82, 2.24) is 4.90 Å². The second-order valence-corrected chi connectivity index (χ2v) is 5.14. The molecule has 0 spiro atoms. The molecule has 1 heterocycles. The van der Waals surface area contributed by atoms with Gasteiger partial charge in [-0.2, -0.15) is 0 Å². The lowest BCUT2D eigenvalue weighted by molar-refractivity contribution is -0.143. The molecule has 0 radical (unpaired) electrons. The Bertz CT molecular complexity index is 645. The second-order valence-electron chi connectivity index (χ2n) is 5.14. The Labute approximate surface area is 129 Å². The van der Waals surface area contributed by atoms with Crippen LogP contribution in [0, 0.1) is 0 Å². The first-order valence-electron chi connectivity index (χ1n) is 6.85. The zero-order valence-corrected chi connectivity index (χ0v) is 13.2. The van der Waals surface area contributed by atoms with Gasteiger partial charge in [0.1, 0.15) is 18.1 Å². The number of amides is 1. The number of hydrogen-bond acceptors (Lipinski definition) is 5. The second kappa shape index (κ2) is 6.43. The zero-order chi connectivity index (χ0) is 16.3. The van der Waals surface area contributed by atoms with Gasteiger partial charge in [-0.05, 0) is 30.7 Å². The topological polar surface area (TPSA) is 62.2 Å². The van der Waals surface area contributed by atoms with Gasteiger partial charge in [-0.1, -0.05) is 12.1 Å². The number of benzene rings is 1. The normalized spacial score (nSPS) is 16.0. The molecular formula is C16H19N3O3. The lowest BCUT2D eigenvalue weighted by atomic mass is 10.1. The molecule has 0 aliphatic carbocycles. The number of esters is 1. The van der Waals surface area contributed by atoms with Crippen molar-refractivity contribution in [3.8, 4) is 0 Å². The molecule has 0 fully saturated rings. The van der Waals surface area contributed by atoms with E-state index in [9.17, 15) is 9.59 Å². The highest BCUT2D eigenvalue weighted by atomic mass is 16.5. The summed E-state index contributed by atoms with van der Waals surface area (Å²) in [6, 6.07) is 7.77. The monoisotopic (exact) mass is 301 g/mol. The van der Waals surface area contributed by atoms with Crippen LogP contribution in [-0.2, 0) is 14.3 Å². The van der Waals surface area contributed by atoms with E-state index < -0.39 is 5.97 Å². The van der Waals surface area contributed by atoms with Crippen LogP contribution in [0.5, 0.6) is 0 Å². The molecule has 0 atom stereocenters. The summed E-state index contributed by atoms with van der Waals surface area (Å²) in [7, 11) is 5.22. The minimum atomic E-state index is -0.473. The number of hydrogen-bond donors (Lipinski definition) is 0. The number of ether oxygens (including phenoxy) is 1. The molecule has 6 heteroatoms. The van der Waals surface area contributed by atoms with Crippen LogP contribution in [0.2, 0.25) is 0 Å². The Morgan fingerprint density at radius 1 is 1.32 bits per heavy atom. The molecule has 0 bridgehead atoms. The van der Waals surface area contributed by atoms with Crippen LogP contribution in [0.3, 0.4) is 0 Å². The molecule has 1 aromatic carbocycles. The van der Waals surface area contributed by atoms with Gasteiger partial charge in [-0.15, -0.1) is 0 Å². The van der Waals surface area contributed by atoms with Crippen molar-refractivity contribution >= 4 is 29.5 Å². The van der Waals surface area contributed by atoms with Crippen molar-refractivity contribution in [3.05, 3.63) is 35.5 Å². The number of aliphatic imine (C=N–C) groups is 1. The minimum Gasteiger partial charge on any atom is -0.468 e. The van der Waals surface area contributed by atoms with E-state index in [0.717, 1.165) is 11.3 Å². The van der Waals surface area contributed by atoms with Crippen LogP contribution in [0.25, 0.3) is 6.08 Å². The van der Waals surface area contributed by atoms with Crippen LogP contribution in [-0.4, -0.2) is 50.4 Å². The first-order chi connectivity index (χ1) is 10.4. The van der Waals surface area contributed by atoms with Crippen molar-refractivity contribution in [1.29, 1.82) is 0 Å². The molecular weight excluding hydrogens is 282 g/mol. The van der Waals surface area contributed by atoms with E-state index in [4.69, 9.17) is 0 Å². The number of methoxy groups -OCH3 is 1. The summed E-state index contributed by atoms with van der Waals surface area (Å²) >= 11 is 0. The third kappa shape index (κ3) is 3.33. The molecule has 1 aliphatic heterocycles. The Hall–Kier alpha value is -2.63. The predicted octanol–water partition coefficient (Wildman–Crippen LogP) is 1.53. The zero-order valence-electron chi connectivity index (χ0n) is 13.2. The van der Waals surface area contributed by atoms with Gasteiger partial charge in [0.15, 0.2) is 0 Å². The number of nitrogens with zero attached hydrogens (tertiary/aromatic N) is 3.